The van der Waals surface area contributed by atoms with Crippen LogP contribution in [0.15, 0.2) is 36.5 Å². The van der Waals surface area contributed by atoms with Gasteiger partial charge in [-0.1, -0.05) is 20.8 Å². The number of anilines is 1. The van der Waals surface area contributed by atoms with Crippen molar-refractivity contribution in [2.45, 2.75) is 46.1 Å². The number of fused-ring (bicyclic) bond motifs is 3. The number of H-pyrrole nitrogens is 1. The Balaban J connectivity index is 1.23. The summed E-state index contributed by atoms with van der Waals surface area (Å²) in [6.07, 6.45) is 5.21. The third kappa shape index (κ3) is 3.54. The molecule has 1 saturated heterocycles. The van der Waals surface area contributed by atoms with Crippen molar-refractivity contribution in [3.8, 4) is 11.4 Å². The molecule has 3 atom stereocenters. The molecule has 0 spiro atoms. The van der Waals surface area contributed by atoms with E-state index in [0.717, 1.165) is 44.0 Å². The first-order chi connectivity index (χ1) is 16.8. The monoisotopic (exact) mass is 472 g/mol. The maximum absolute atomic E-state index is 13.4. The number of carbonyl (C=O) groups is 1. The second-order valence-corrected chi connectivity index (χ2v) is 11.6. The molecule has 3 heterocycles. The first kappa shape index (κ1) is 22.5. The van der Waals surface area contributed by atoms with Crippen LogP contribution in [-0.2, 0) is 0 Å². The van der Waals surface area contributed by atoms with Gasteiger partial charge in [0, 0.05) is 49.7 Å². The van der Waals surface area contributed by atoms with E-state index in [4.69, 9.17) is 4.98 Å². The van der Waals surface area contributed by atoms with Gasteiger partial charge in [0.2, 0.25) is 0 Å². The quantitative estimate of drug-likeness (QED) is 0.591. The van der Waals surface area contributed by atoms with E-state index in [2.05, 4.69) is 77.2 Å². The standard InChI is InChI=1S/C28H36N6O/c1-27(2)19-9-11-28(27,3)22(17-19)30-26(35)21-10-12-29-25-23(21)31-24(32-25)18-5-7-20(8-6-18)34-15-13-33(4)14-16-34/h5-8,10,12,19,22H,9,11,13-17H2,1-4H3,(H,30,35)(H,29,31,32)/t19?,22-,28-/m0/s1. The van der Waals surface area contributed by atoms with E-state index in [-0.39, 0.29) is 22.8 Å². The van der Waals surface area contributed by atoms with E-state index >= 15 is 0 Å². The van der Waals surface area contributed by atoms with Gasteiger partial charge in [-0.3, -0.25) is 4.79 Å². The number of hydrogen-bond donors (Lipinski definition) is 2. The number of hydrogen-bond acceptors (Lipinski definition) is 5. The third-order valence-corrected chi connectivity index (χ3v) is 9.74. The number of imidazole rings is 1. The highest BCUT2D eigenvalue weighted by atomic mass is 16.1. The molecule has 1 unspecified atom stereocenters. The van der Waals surface area contributed by atoms with E-state index in [0.29, 0.717) is 22.6 Å². The van der Waals surface area contributed by atoms with Crippen molar-refractivity contribution in [3.05, 3.63) is 42.1 Å². The van der Waals surface area contributed by atoms with Gasteiger partial charge in [-0.15, -0.1) is 0 Å². The number of nitrogens with one attached hydrogen (secondary N) is 2. The van der Waals surface area contributed by atoms with Gasteiger partial charge in [0.1, 0.15) is 11.3 Å². The van der Waals surface area contributed by atoms with Crippen LogP contribution in [0.5, 0.6) is 0 Å². The number of rotatable bonds is 4. The molecule has 3 fully saturated rings. The summed E-state index contributed by atoms with van der Waals surface area (Å²) in [5.41, 5.74) is 4.51. The van der Waals surface area contributed by atoms with Crippen LogP contribution in [0.2, 0.25) is 0 Å². The molecule has 7 heteroatoms. The van der Waals surface area contributed by atoms with Gasteiger partial charge in [0.25, 0.3) is 5.91 Å². The molecule has 35 heavy (non-hydrogen) atoms. The van der Waals surface area contributed by atoms with Crippen LogP contribution in [0.25, 0.3) is 22.6 Å². The van der Waals surface area contributed by atoms with Crippen molar-refractivity contribution in [1.82, 2.24) is 25.2 Å². The van der Waals surface area contributed by atoms with Gasteiger partial charge in [-0.05, 0) is 73.4 Å². The molecule has 1 aliphatic heterocycles. The van der Waals surface area contributed by atoms with Crippen molar-refractivity contribution in [2.75, 3.05) is 38.1 Å². The summed E-state index contributed by atoms with van der Waals surface area (Å²) in [4.78, 5) is 30.8. The van der Waals surface area contributed by atoms with Crippen LogP contribution < -0.4 is 10.2 Å². The zero-order valence-corrected chi connectivity index (χ0v) is 21.3. The van der Waals surface area contributed by atoms with Crippen molar-refractivity contribution in [3.63, 3.8) is 0 Å². The molecule has 3 aliphatic rings. The van der Waals surface area contributed by atoms with Crippen LogP contribution in [0.1, 0.15) is 50.4 Å². The van der Waals surface area contributed by atoms with Crippen LogP contribution in [0.3, 0.4) is 0 Å². The van der Waals surface area contributed by atoms with Crippen molar-refractivity contribution in [2.24, 2.45) is 16.7 Å². The van der Waals surface area contributed by atoms with Crippen LogP contribution in [-0.4, -0.2) is 65.0 Å². The Kier molecular flexibility index (Phi) is 5.18. The molecule has 3 aromatic rings. The van der Waals surface area contributed by atoms with Crippen molar-refractivity contribution >= 4 is 22.8 Å². The van der Waals surface area contributed by atoms with Crippen LogP contribution in [0.4, 0.5) is 5.69 Å². The maximum atomic E-state index is 13.4. The van der Waals surface area contributed by atoms with E-state index in [1.807, 2.05) is 0 Å². The number of nitrogens with zero attached hydrogens (tertiary/aromatic N) is 4. The first-order valence-electron chi connectivity index (χ1n) is 13.0. The Bertz CT molecular complexity index is 1260. The summed E-state index contributed by atoms with van der Waals surface area (Å²) >= 11 is 0. The largest absolute Gasteiger partial charge is 0.369 e. The van der Waals surface area contributed by atoms with Gasteiger partial charge < -0.3 is 20.1 Å². The maximum Gasteiger partial charge on any atom is 0.253 e. The average molecular weight is 473 g/mol. The van der Waals surface area contributed by atoms with E-state index < -0.39 is 0 Å². The minimum Gasteiger partial charge on any atom is -0.369 e. The van der Waals surface area contributed by atoms with Gasteiger partial charge in [-0.2, -0.15) is 0 Å². The number of carbonyl (C=O) groups excluding carboxylic acids is 1. The minimum atomic E-state index is -0.0459. The SMILES string of the molecule is CN1CCN(c2ccc(-c3nc4c(C(=O)N[C@H]5CC6CC[C@]5(C)C6(C)C)ccnc4[nH]3)cc2)CC1. The Hall–Kier alpha value is -2.93. The molecular formula is C28H36N6O. The minimum absolute atomic E-state index is 0.0459. The number of likely N-dealkylation sites (N-methyl/N-ethyl adjacent to an activating group) is 1. The molecule has 1 amide bonds. The fourth-order valence-corrected chi connectivity index (χ4v) is 6.78. The zero-order chi connectivity index (χ0) is 24.4. The number of amides is 1. The molecule has 7 nitrogen and oxygen atoms in total. The highest BCUT2D eigenvalue weighted by Gasteiger charge is 2.61. The Labute approximate surface area is 207 Å². The first-order valence-corrected chi connectivity index (χ1v) is 13.0. The van der Waals surface area contributed by atoms with Crippen molar-refractivity contribution < 1.29 is 4.79 Å². The lowest BCUT2D eigenvalue weighted by Crippen LogP contribution is -2.46. The normalized spacial score (nSPS) is 28.1. The van der Waals surface area contributed by atoms with E-state index in [1.165, 1.54) is 18.5 Å². The lowest BCUT2D eigenvalue weighted by molar-refractivity contribution is 0.0827. The summed E-state index contributed by atoms with van der Waals surface area (Å²) in [7, 11) is 2.17. The number of aromatic nitrogens is 3. The number of aromatic amines is 1. The summed E-state index contributed by atoms with van der Waals surface area (Å²) in [6, 6.07) is 10.5. The Morgan fingerprint density at radius 1 is 1.09 bits per heavy atom. The van der Waals surface area contributed by atoms with Gasteiger partial charge in [-0.25, -0.2) is 9.97 Å². The van der Waals surface area contributed by atoms with Crippen LogP contribution >= 0.6 is 0 Å². The highest BCUT2D eigenvalue weighted by Crippen LogP contribution is 2.65. The molecule has 2 N–H and O–H groups in total. The topological polar surface area (TPSA) is 77.2 Å². The van der Waals surface area contributed by atoms with Crippen molar-refractivity contribution in [1.29, 1.82) is 0 Å². The summed E-state index contributed by atoms with van der Waals surface area (Å²) in [5.74, 6) is 1.38. The lowest BCUT2D eigenvalue weighted by atomic mass is 9.69. The van der Waals surface area contributed by atoms with Crippen LogP contribution in [0, 0.1) is 16.7 Å². The predicted octanol–water partition coefficient (Wildman–Crippen LogP) is 4.32. The number of piperazine rings is 1. The molecule has 6 rings (SSSR count). The average Bonchev–Trinajstić information content (AvgIpc) is 3.44. The Morgan fingerprint density at radius 3 is 2.49 bits per heavy atom. The Morgan fingerprint density at radius 2 is 1.83 bits per heavy atom. The zero-order valence-electron chi connectivity index (χ0n) is 21.3. The molecule has 2 bridgehead atoms. The number of benzene rings is 1. The summed E-state index contributed by atoms with van der Waals surface area (Å²) in [5, 5.41) is 3.38. The molecule has 2 saturated carbocycles. The fourth-order valence-electron chi connectivity index (χ4n) is 6.78. The summed E-state index contributed by atoms with van der Waals surface area (Å²) in [6.45, 7) is 11.3. The smallest absolute Gasteiger partial charge is 0.253 e. The van der Waals surface area contributed by atoms with Gasteiger partial charge >= 0.3 is 0 Å². The molecule has 1 aromatic carbocycles. The fraction of sp³-hybridized carbons (Fsp3) is 0.536. The molecule has 0 radical (unpaired) electrons. The van der Waals surface area contributed by atoms with E-state index in [9.17, 15) is 4.79 Å². The van der Waals surface area contributed by atoms with Gasteiger partial charge in [0.05, 0.1) is 5.56 Å². The number of pyridine rings is 1. The molecule has 2 aromatic heterocycles. The van der Waals surface area contributed by atoms with E-state index in [1.54, 1.807) is 12.3 Å². The molecule has 2 aliphatic carbocycles. The highest BCUT2D eigenvalue weighted by molar-refractivity contribution is 6.04. The summed E-state index contributed by atoms with van der Waals surface area (Å²) < 4.78 is 0. The molecule has 184 valence electrons. The lowest BCUT2D eigenvalue weighted by Gasteiger charge is -2.39. The van der Waals surface area contributed by atoms with Gasteiger partial charge in [0.15, 0.2) is 5.65 Å². The molecular weight excluding hydrogens is 436 g/mol. The second-order valence-electron chi connectivity index (χ2n) is 11.6. The predicted molar refractivity (Wildman–Crippen MR) is 140 cm³/mol. The third-order valence-electron chi connectivity index (χ3n) is 9.74. The second kappa shape index (κ2) is 8.05.